The third-order valence-corrected chi connectivity index (χ3v) is 4.75. The van der Waals surface area contributed by atoms with E-state index in [2.05, 4.69) is 10.3 Å². The number of amides is 2. The number of aromatic amines is 1. The fourth-order valence-electron chi connectivity index (χ4n) is 3.48. The van der Waals surface area contributed by atoms with Gasteiger partial charge in [-0.1, -0.05) is 0 Å². The lowest BCUT2D eigenvalue weighted by molar-refractivity contribution is -0.122. The molecule has 25 heavy (non-hydrogen) atoms. The van der Waals surface area contributed by atoms with Gasteiger partial charge in [0.25, 0.3) is 0 Å². The summed E-state index contributed by atoms with van der Waals surface area (Å²) >= 11 is 0. The summed E-state index contributed by atoms with van der Waals surface area (Å²) in [6.07, 6.45) is 1.80. The van der Waals surface area contributed by atoms with E-state index in [0.29, 0.717) is 0 Å². The van der Waals surface area contributed by atoms with Crippen LogP contribution in [0.15, 0.2) is 18.2 Å². The number of carbonyl (C=O) groups is 2. The number of nitrogens with two attached hydrogens (primary N) is 1. The second-order valence-electron chi connectivity index (χ2n) is 6.68. The molecule has 2 amide bonds. The Labute approximate surface area is 145 Å². The Bertz CT molecular complexity index is 794. The number of benzene rings is 1. The maximum atomic E-state index is 13.5. The van der Waals surface area contributed by atoms with Gasteiger partial charge in [-0.25, -0.2) is 4.39 Å². The van der Waals surface area contributed by atoms with Crippen LogP contribution in [0, 0.1) is 12.7 Å². The van der Waals surface area contributed by atoms with E-state index in [-0.39, 0.29) is 36.6 Å². The molecule has 6 nitrogen and oxygen atoms in total. The van der Waals surface area contributed by atoms with Crippen LogP contribution in [0.25, 0.3) is 10.9 Å². The number of H-pyrrole nitrogens is 1. The molecular formula is C18H23FN4O2. The highest BCUT2D eigenvalue weighted by Gasteiger charge is 2.22. The third kappa shape index (κ3) is 4.17. The number of halogens is 1. The molecule has 0 unspecified atom stereocenters. The predicted molar refractivity (Wildman–Crippen MR) is 93.5 cm³/mol. The van der Waals surface area contributed by atoms with Crippen molar-refractivity contribution in [3.63, 3.8) is 0 Å². The van der Waals surface area contributed by atoms with Gasteiger partial charge in [0.2, 0.25) is 11.8 Å². The Hall–Kier alpha value is -2.41. The molecule has 0 spiro atoms. The van der Waals surface area contributed by atoms with E-state index in [0.717, 1.165) is 48.1 Å². The van der Waals surface area contributed by atoms with Crippen molar-refractivity contribution in [3.8, 4) is 0 Å². The molecule has 0 atom stereocenters. The molecule has 2 aromatic rings. The topological polar surface area (TPSA) is 91.2 Å². The maximum absolute atomic E-state index is 13.5. The zero-order chi connectivity index (χ0) is 18.0. The minimum Gasteiger partial charge on any atom is -0.369 e. The Morgan fingerprint density at radius 3 is 2.76 bits per heavy atom. The van der Waals surface area contributed by atoms with Crippen LogP contribution in [-0.4, -0.2) is 47.4 Å². The number of piperidine rings is 1. The number of aryl methyl sites for hydroxylation is 1. The van der Waals surface area contributed by atoms with E-state index in [1.807, 2.05) is 11.8 Å². The molecule has 4 N–H and O–H groups in total. The lowest BCUT2D eigenvalue weighted by Crippen LogP contribution is -2.47. The van der Waals surface area contributed by atoms with E-state index < -0.39 is 0 Å². The highest BCUT2D eigenvalue weighted by molar-refractivity contribution is 5.90. The van der Waals surface area contributed by atoms with Crippen molar-refractivity contribution < 1.29 is 14.0 Å². The van der Waals surface area contributed by atoms with E-state index in [9.17, 15) is 14.0 Å². The Balaban J connectivity index is 1.59. The number of rotatable bonds is 5. The van der Waals surface area contributed by atoms with E-state index in [1.165, 1.54) is 12.1 Å². The van der Waals surface area contributed by atoms with Gasteiger partial charge in [-0.3, -0.25) is 14.5 Å². The van der Waals surface area contributed by atoms with Gasteiger partial charge in [-0.05, 0) is 43.5 Å². The first-order valence-corrected chi connectivity index (χ1v) is 8.49. The normalized spacial score (nSPS) is 16.2. The van der Waals surface area contributed by atoms with Crippen molar-refractivity contribution in [2.75, 3.05) is 19.6 Å². The van der Waals surface area contributed by atoms with Gasteiger partial charge >= 0.3 is 0 Å². The van der Waals surface area contributed by atoms with Crippen LogP contribution in [-0.2, 0) is 16.0 Å². The number of fused-ring (bicyclic) bond motifs is 1. The molecule has 7 heteroatoms. The van der Waals surface area contributed by atoms with Crippen LogP contribution in [0.1, 0.15) is 24.1 Å². The lowest BCUT2D eigenvalue weighted by atomic mass is 10.0. The number of carbonyl (C=O) groups excluding carboxylic acids is 2. The van der Waals surface area contributed by atoms with Crippen LogP contribution in [0.3, 0.4) is 0 Å². The summed E-state index contributed by atoms with van der Waals surface area (Å²) < 4.78 is 13.5. The van der Waals surface area contributed by atoms with Crippen LogP contribution >= 0.6 is 0 Å². The predicted octanol–water partition coefficient (Wildman–Crippen LogP) is 1.22. The largest absolute Gasteiger partial charge is 0.369 e. The number of hydrogen-bond donors (Lipinski definition) is 3. The number of primary amides is 1. The summed E-state index contributed by atoms with van der Waals surface area (Å²) in [4.78, 5) is 28.5. The van der Waals surface area contributed by atoms with E-state index in [1.54, 1.807) is 6.07 Å². The van der Waals surface area contributed by atoms with Crippen molar-refractivity contribution in [2.45, 2.75) is 32.2 Å². The molecule has 3 rings (SSSR count). The molecule has 134 valence electrons. The van der Waals surface area contributed by atoms with Gasteiger partial charge in [0.05, 0.1) is 13.0 Å². The molecule has 1 fully saturated rings. The van der Waals surface area contributed by atoms with Crippen molar-refractivity contribution in [1.29, 1.82) is 0 Å². The fourth-order valence-corrected chi connectivity index (χ4v) is 3.48. The summed E-state index contributed by atoms with van der Waals surface area (Å²) in [6, 6.07) is 4.65. The standard InChI is InChI=1S/C18H23FN4O2/c1-11-14(15-8-12(19)2-3-16(15)21-11)9-18(25)22-13-4-6-23(7-5-13)10-17(20)24/h2-3,8,13,21H,4-7,9-10H2,1H3,(H2,20,24)(H,22,25). The first-order valence-electron chi connectivity index (χ1n) is 8.49. The average Bonchev–Trinajstić information content (AvgIpc) is 2.84. The molecule has 0 aliphatic carbocycles. The van der Waals surface area contributed by atoms with Crippen molar-refractivity contribution >= 4 is 22.7 Å². The van der Waals surface area contributed by atoms with Gasteiger partial charge in [0.15, 0.2) is 0 Å². The number of nitrogens with one attached hydrogen (secondary N) is 2. The van der Waals surface area contributed by atoms with Gasteiger partial charge in [0, 0.05) is 35.7 Å². The van der Waals surface area contributed by atoms with Gasteiger partial charge in [-0.15, -0.1) is 0 Å². The molecule has 0 saturated carbocycles. The summed E-state index contributed by atoms with van der Waals surface area (Å²) in [5.74, 6) is -0.707. The highest BCUT2D eigenvalue weighted by Crippen LogP contribution is 2.23. The smallest absolute Gasteiger partial charge is 0.231 e. The van der Waals surface area contributed by atoms with Crippen molar-refractivity contribution in [1.82, 2.24) is 15.2 Å². The second kappa shape index (κ2) is 7.23. The zero-order valence-corrected chi connectivity index (χ0v) is 14.3. The highest BCUT2D eigenvalue weighted by atomic mass is 19.1. The molecule has 1 aliphatic rings. The van der Waals surface area contributed by atoms with E-state index >= 15 is 0 Å². The summed E-state index contributed by atoms with van der Waals surface area (Å²) in [7, 11) is 0. The first-order chi connectivity index (χ1) is 11.9. The summed E-state index contributed by atoms with van der Waals surface area (Å²) in [5.41, 5.74) is 7.75. The molecule has 1 aromatic carbocycles. The maximum Gasteiger partial charge on any atom is 0.231 e. The van der Waals surface area contributed by atoms with Gasteiger partial charge < -0.3 is 16.0 Å². The Kier molecular flexibility index (Phi) is 5.03. The minimum absolute atomic E-state index is 0.0680. The van der Waals surface area contributed by atoms with Crippen LogP contribution in [0.5, 0.6) is 0 Å². The van der Waals surface area contributed by atoms with Crippen LogP contribution < -0.4 is 11.1 Å². The van der Waals surface area contributed by atoms with Crippen molar-refractivity contribution in [3.05, 3.63) is 35.3 Å². The number of hydrogen-bond acceptors (Lipinski definition) is 3. The van der Waals surface area contributed by atoms with Crippen LogP contribution in [0.4, 0.5) is 4.39 Å². The molecule has 0 bridgehead atoms. The van der Waals surface area contributed by atoms with Crippen LogP contribution in [0.2, 0.25) is 0 Å². The molecule has 0 radical (unpaired) electrons. The van der Waals surface area contributed by atoms with Crippen molar-refractivity contribution in [2.24, 2.45) is 5.73 Å². The number of likely N-dealkylation sites (tertiary alicyclic amines) is 1. The molecule has 1 aromatic heterocycles. The fraction of sp³-hybridized carbons (Fsp3) is 0.444. The molecule has 1 saturated heterocycles. The second-order valence-corrected chi connectivity index (χ2v) is 6.68. The number of aromatic nitrogens is 1. The quantitative estimate of drug-likeness (QED) is 0.760. The van der Waals surface area contributed by atoms with Gasteiger partial charge in [0.1, 0.15) is 5.82 Å². The Morgan fingerprint density at radius 1 is 1.36 bits per heavy atom. The Morgan fingerprint density at radius 2 is 2.08 bits per heavy atom. The summed E-state index contributed by atoms with van der Waals surface area (Å²) in [6.45, 7) is 3.64. The zero-order valence-electron chi connectivity index (χ0n) is 14.3. The lowest BCUT2D eigenvalue weighted by Gasteiger charge is -2.31. The summed E-state index contributed by atoms with van der Waals surface area (Å²) in [5, 5.41) is 3.80. The third-order valence-electron chi connectivity index (χ3n) is 4.75. The molecular weight excluding hydrogens is 323 g/mol. The molecule has 1 aliphatic heterocycles. The SMILES string of the molecule is Cc1[nH]c2ccc(F)cc2c1CC(=O)NC1CCN(CC(N)=O)CC1. The average molecular weight is 346 g/mol. The monoisotopic (exact) mass is 346 g/mol. The first kappa shape index (κ1) is 17.4. The van der Waals surface area contributed by atoms with E-state index in [4.69, 9.17) is 5.73 Å². The molecule has 2 heterocycles. The minimum atomic E-state index is -0.329. The number of nitrogens with zero attached hydrogens (tertiary/aromatic N) is 1. The van der Waals surface area contributed by atoms with Gasteiger partial charge in [-0.2, -0.15) is 0 Å².